The van der Waals surface area contributed by atoms with E-state index in [-0.39, 0.29) is 5.91 Å². The van der Waals surface area contributed by atoms with Gasteiger partial charge in [-0.25, -0.2) is 0 Å². The van der Waals surface area contributed by atoms with Crippen LogP contribution < -0.4 is 10.6 Å². The molecule has 2 fully saturated rings. The number of anilines is 1. The molecule has 3 rings (SSSR count). The molecule has 2 saturated heterocycles. The van der Waals surface area contributed by atoms with E-state index in [9.17, 15) is 4.79 Å². The van der Waals surface area contributed by atoms with Crippen molar-refractivity contribution in [2.45, 2.75) is 51.2 Å². The van der Waals surface area contributed by atoms with Crippen LogP contribution in [0.3, 0.4) is 0 Å². The number of rotatable bonds is 4. The summed E-state index contributed by atoms with van der Waals surface area (Å²) in [4.78, 5) is 13.8. The molecule has 3 unspecified atom stereocenters. The largest absolute Gasteiger partial charge is 0.326 e. The van der Waals surface area contributed by atoms with Crippen LogP contribution in [0.15, 0.2) is 24.3 Å². The SMILES string of the molecule is CC(=O)Nc1cccc(C(C)NC2CCN3CCCC23)c1. The summed E-state index contributed by atoms with van der Waals surface area (Å²) in [6.45, 7) is 6.27. The lowest BCUT2D eigenvalue weighted by Gasteiger charge is -2.25. The molecule has 21 heavy (non-hydrogen) atoms. The molecule has 2 aliphatic heterocycles. The molecule has 3 atom stereocenters. The zero-order valence-electron chi connectivity index (χ0n) is 12.9. The quantitative estimate of drug-likeness (QED) is 0.894. The first-order valence-corrected chi connectivity index (χ1v) is 8.01. The molecular formula is C17H25N3O. The Labute approximate surface area is 126 Å². The van der Waals surface area contributed by atoms with Crippen LogP contribution in [0.1, 0.15) is 44.7 Å². The number of amides is 1. The highest BCUT2D eigenvalue weighted by molar-refractivity contribution is 5.88. The van der Waals surface area contributed by atoms with Gasteiger partial charge >= 0.3 is 0 Å². The Morgan fingerprint density at radius 3 is 3.00 bits per heavy atom. The summed E-state index contributed by atoms with van der Waals surface area (Å²) in [7, 11) is 0. The Balaban J connectivity index is 1.65. The van der Waals surface area contributed by atoms with Crippen molar-refractivity contribution in [3.05, 3.63) is 29.8 Å². The topological polar surface area (TPSA) is 44.4 Å². The minimum atomic E-state index is -0.0230. The van der Waals surface area contributed by atoms with Gasteiger partial charge in [-0.2, -0.15) is 0 Å². The van der Waals surface area contributed by atoms with Gasteiger partial charge in [0.05, 0.1) is 0 Å². The van der Waals surface area contributed by atoms with Crippen molar-refractivity contribution in [1.29, 1.82) is 0 Å². The van der Waals surface area contributed by atoms with Crippen molar-refractivity contribution < 1.29 is 4.79 Å². The lowest BCUT2D eigenvalue weighted by atomic mass is 10.0. The van der Waals surface area contributed by atoms with Crippen LogP contribution in [0.4, 0.5) is 5.69 Å². The first-order chi connectivity index (χ1) is 10.1. The molecule has 1 aromatic rings. The Bertz CT molecular complexity index is 517. The van der Waals surface area contributed by atoms with Crippen LogP contribution in [0.25, 0.3) is 0 Å². The number of fused-ring (bicyclic) bond motifs is 1. The van der Waals surface area contributed by atoms with Gasteiger partial charge in [-0.3, -0.25) is 9.69 Å². The van der Waals surface area contributed by atoms with Gasteiger partial charge in [0.15, 0.2) is 0 Å². The minimum Gasteiger partial charge on any atom is -0.326 e. The van der Waals surface area contributed by atoms with Gasteiger partial charge in [-0.15, -0.1) is 0 Å². The maximum Gasteiger partial charge on any atom is 0.221 e. The number of hydrogen-bond donors (Lipinski definition) is 2. The fourth-order valence-electron chi connectivity index (χ4n) is 3.78. The average molecular weight is 287 g/mol. The monoisotopic (exact) mass is 287 g/mol. The van der Waals surface area contributed by atoms with Crippen molar-refractivity contribution in [2.24, 2.45) is 0 Å². The maximum absolute atomic E-state index is 11.2. The number of hydrogen-bond acceptors (Lipinski definition) is 3. The molecule has 1 amide bonds. The first kappa shape index (κ1) is 14.5. The molecule has 4 heteroatoms. The zero-order valence-corrected chi connectivity index (χ0v) is 12.9. The van der Waals surface area contributed by atoms with E-state index in [1.54, 1.807) is 6.92 Å². The Morgan fingerprint density at radius 2 is 2.19 bits per heavy atom. The standard InChI is InChI=1S/C17H25N3O/c1-12(14-5-3-6-15(11-14)19-13(2)21)18-16-8-10-20-9-4-7-17(16)20/h3,5-6,11-12,16-18H,4,7-10H2,1-2H3,(H,19,21). The third-order valence-corrected chi connectivity index (χ3v) is 4.78. The third kappa shape index (κ3) is 3.27. The number of carbonyl (C=O) groups excluding carboxylic acids is 1. The summed E-state index contributed by atoms with van der Waals surface area (Å²) < 4.78 is 0. The van der Waals surface area contributed by atoms with Crippen LogP contribution in [0, 0.1) is 0 Å². The van der Waals surface area contributed by atoms with Gasteiger partial charge in [-0.05, 0) is 50.4 Å². The van der Waals surface area contributed by atoms with E-state index < -0.39 is 0 Å². The molecule has 0 bridgehead atoms. The molecule has 0 radical (unpaired) electrons. The molecule has 2 N–H and O–H groups in total. The molecule has 0 aromatic heterocycles. The fourth-order valence-corrected chi connectivity index (χ4v) is 3.78. The summed E-state index contributed by atoms with van der Waals surface area (Å²) in [5, 5.41) is 6.65. The van der Waals surface area contributed by atoms with Gasteiger partial charge < -0.3 is 10.6 Å². The minimum absolute atomic E-state index is 0.0230. The third-order valence-electron chi connectivity index (χ3n) is 4.78. The summed E-state index contributed by atoms with van der Waals surface area (Å²) in [6.07, 6.45) is 3.92. The van der Waals surface area contributed by atoms with E-state index in [1.165, 1.54) is 37.9 Å². The summed E-state index contributed by atoms with van der Waals surface area (Å²) in [5.74, 6) is -0.0230. The zero-order chi connectivity index (χ0) is 14.8. The molecular weight excluding hydrogens is 262 g/mol. The highest BCUT2D eigenvalue weighted by Crippen LogP contribution is 2.29. The van der Waals surface area contributed by atoms with E-state index in [2.05, 4.69) is 34.6 Å². The number of carbonyl (C=O) groups is 1. The van der Waals surface area contributed by atoms with Crippen molar-refractivity contribution >= 4 is 11.6 Å². The van der Waals surface area contributed by atoms with E-state index in [0.29, 0.717) is 12.1 Å². The lowest BCUT2D eigenvalue weighted by Crippen LogP contribution is -2.40. The fraction of sp³-hybridized carbons (Fsp3) is 0.588. The Kier molecular flexibility index (Phi) is 4.27. The van der Waals surface area contributed by atoms with Gasteiger partial charge in [-0.1, -0.05) is 12.1 Å². The molecule has 2 aliphatic rings. The van der Waals surface area contributed by atoms with Crippen molar-refractivity contribution in [3.8, 4) is 0 Å². The highest BCUT2D eigenvalue weighted by Gasteiger charge is 2.37. The molecule has 114 valence electrons. The molecule has 4 nitrogen and oxygen atoms in total. The van der Waals surface area contributed by atoms with Gasteiger partial charge in [0.25, 0.3) is 0 Å². The molecule has 0 aliphatic carbocycles. The molecule has 2 heterocycles. The predicted molar refractivity (Wildman–Crippen MR) is 85.3 cm³/mol. The molecule has 1 aromatic carbocycles. The second-order valence-electron chi connectivity index (χ2n) is 6.34. The van der Waals surface area contributed by atoms with Gasteiger partial charge in [0.1, 0.15) is 0 Å². The smallest absolute Gasteiger partial charge is 0.221 e. The van der Waals surface area contributed by atoms with E-state index in [0.717, 1.165) is 11.7 Å². The highest BCUT2D eigenvalue weighted by atomic mass is 16.1. The molecule has 0 spiro atoms. The van der Waals surface area contributed by atoms with Crippen molar-refractivity contribution in [3.63, 3.8) is 0 Å². The van der Waals surface area contributed by atoms with Crippen LogP contribution in [0.5, 0.6) is 0 Å². The second-order valence-corrected chi connectivity index (χ2v) is 6.34. The molecule has 0 saturated carbocycles. The predicted octanol–water partition coefficient (Wildman–Crippen LogP) is 2.53. The number of nitrogens with one attached hydrogen (secondary N) is 2. The van der Waals surface area contributed by atoms with E-state index in [1.807, 2.05) is 12.1 Å². The normalized spacial score (nSPS) is 26.6. The van der Waals surface area contributed by atoms with E-state index >= 15 is 0 Å². The summed E-state index contributed by atoms with van der Waals surface area (Å²) in [5.41, 5.74) is 2.11. The average Bonchev–Trinajstić information content (AvgIpc) is 3.03. The lowest BCUT2D eigenvalue weighted by molar-refractivity contribution is -0.114. The first-order valence-electron chi connectivity index (χ1n) is 8.01. The number of benzene rings is 1. The van der Waals surface area contributed by atoms with Crippen LogP contribution >= 0.6 is 0 Å². The van der Waals surface area contributed by atoms with Crippen LogP contribution in [-0.4, -0.2) is 36.0 Å². The van der Waals surface area contributed by atoms with Crippen molar-refractivity contribution in [2.75, 3.05) is 18.4 Å². The second kappa shape index (κ2) is 6.16. The summed E-state index contributed by atoms with van der Waals surface area (Å²) >= 11 is 0. The Morgan fingerprint density at radius 1 is 1.33 bits per heavy atom. The number of nitrogens with zero attached hydrogens (tertiary/aromatic N) is 1. The van der Waals surface area contributed by atoms with Gasteiger partial charge in [0.2, 0.25) is 5.91 Å². The van der Waals surface area contributed by atoms with Crippen LogP contribution in [0.2, 0.25) is 0 Å². The van der Waals surface area contributed by atoms with E-state index in [4.69, 9.17) is 0 Å². The van der Waals surface area contributed by atoms with Crippen molar-refractivity contribution in [1.82, 2.24) is 10.2 Å². The maximum atomic E-state index is 11.2. The summed E-state index contributed by atoms with van der Waals surface area (Å²) in [6, 6.07) is 9.79. The van der Waals surface area contributed by atoms with Crippen LogP contribution in [-0.2, 0) is 4.79 Å². The Hall–Kier alpha value is -1.39. The van der Waals surface area contributed by atoms with Gasteiger partial charge in [0, 0.05) is 37.3 Å².